The van der Waals surface area contributed by atoms with Gasteiger partial charge in [0, 0.05) is 23.4 Å². The van der Waals surface area contributed by atoms with Gasteiger partial charge in [0.05, 0.1) is 0 Å². The van der Waals surface area contributed by atoms with Crippen molar-refractivity contribution < 1.29 is 4.57 Å². The maximum Gasteiger partial charge on any atom is 0.170 e. The maximum absolute atomic E-state index is 3.40. The predicted octanol–water partition coefficient (Wildman–Crippen LogP) is 2.99. The Morgan fingerprint density at radius 3 is 1.86 bits per heavy atom. The summed E-state index contributed by atoms with van der Waals surface area (Å²) in [6, 6.07) is 4.15. The zero-order chi connectivity index (χ0) is 9.19. The summed E-state index contributed by atoms with van der Waals surface area (Å²) in [7, 11) is 2.01. The van der Waals surface area contributed by atoms with Gasteiger partial charge in [-0.3, -0.25) is 0 Å². The third-order valence-corrected chi connectivity index (χ3v) is 1.50. The zero-order valence-electron chi connectivity index (χ0n) is 8.26. The van der Waals surface area contributed by atoms with E-state index in [9.17, 15) is 0 Å². The summed E-state index contributed by atoms with van der Waals surface area (Å²) in [6.07, 6.45) is 4.07. The molecule has 0 bridgehead atoms. The number of hydrogen-bond donors (Lipinski definition) is 1. The van der Waals surface area contributed by atoms with E-state index in [1.165, 1.54) is 5.69 Å². The predicted molar refractivity (Wildman–Crippen MR) is 64.5 cm³/mol. The highest BCUT2D eigenvalue weighted by molar-refractivity contribution is 5.41. The van der Waals surface area contributed by atoms with E-state index in [1.54, 1.807) is 0 Å². The number of nitrogens with one attached hydrogen (secondary N) is 1. The van der Waals surface area contributed by atoms with Crippen LogP contribution >= 0.6 is 0 Å². The Morgan fingerprint density at radius 2 is 1.50 bits per heavy atom. The first kappa shape index (κ1) is 15.4. The smallest absolute Gasteiger partial charge is 0.170 e. The molecule has 0 unspecified atom stereocenters. The van der Waals surface area contributed by atoms with E-state index in [1.807, 2.05) is 24.0 Å². The van der Waals surface area contributed by atoms with Crippen LogP contribution in [0.2, 0.25) is 0 Å². The topological polar surface area (TPSA) is 15.9 Å². The van der Waals surface area contributed by atoms with E-state index in [0.717, 1.165) is 0 Å². The first-order valence-corrected chi connectivity index (χ1v) is 4.21. The van der Waals surface area contributed by atoms with Crippen LogP contribution in [0.1, 0.15) is 35.6 Å². The van der Waals surface area contributed by atoms with Gasteiger partial charge in [0.15, 0.2) is 12.4 Å². The molecule has 0 aromatic carbocycles. The van der Waals surface area contributed by atoms with Crippen molar-refractivity contribution >= 4 is 5.69 Å². The molecule has 1 aromatic heterocycles. The maximum atomic E-state index is 3.40. The number of hydrogen-bond acceptors (Lipinski definition) is 1. The summed E-state index contributed by atoms with van der Waals surface area (Å²) < 4.78 is 2.02. The van der Waals surface area contributed by atoms with Crippen molar-refractivity contribution in [2.45, 2.75) is 41.2 Å². The minimum atomic E-state index is 0. The molecule has 0 fully saturated rings. The second-order valence-electron chi connectivity index (χ2n) is 4.13. The lowest BCUT2D eigenvalue weighted by molar-refractivity contribution is -0.671. The third kappa shape index (κ3) is 5.57. The first-order valence-electron chi connectivity index (χ1n) is 4.21. The number of anilines is 1. The molecular formula is C12H25N2+. The first-order chi connectivity index (χ1) is 5.47. The summed E-state index contributed by atoms with van der Waals surface area (Å²) in [6.45, 7) is 6.46. The highest BCUT2D eigenvalue weighted by Crippen LogP contribution is 2.11. The van der Waals surface area contributed by atoms with E-state index in [2.05, 4.69) is 38.2 Å². The number of nitrogens with zero attached hydrogens (tertiary/aromatic N) is 1. The Labute approximate surface area is 89.0 Å². The second-order valence-corrected chi connectivity index (χ2v) is 4.13. The minimum Gasteiger partial charge on any atom is -0.380 e. The Balaban J connectivity index is 0. The van der Waals surface area contributed by atoms with Gasteiger partial charge in [-0.25, -0.2) is 4.57 Å². The van der Waals surface area contributed by atoms with Gasteiger partial charge in [0.1, 0.15) is 7.05 Å². The van der Waals surface area contributed by atoms with Gasteiger partial charge >= 0.3 is 0 Å². The van der Waals surface area contributed by atoms with Crippen molar-refractivity contribution in [3.8, 4) is 0 Å². The molecule has 1 heterocycles. The summed E-state index contributed by atoms with van der Waals surface area (Å²) in [4.78, 5) is 0. The fourth-order valence-electron chi connectivity index (χ4n) is 1.02. The van der Waals surface area contributed by atoms with Crippen molar-refractivity contribution in [3.05, 3.63) is 24.5 Å². The Kier molecular flexibility index (Phi) is 6.20. The van der Waals surface area contributed by atoms with E-state index in [4.69, 9.17) is 0 Å². The molecule has 0 saturated heterocycles. The molecule has 0 aliphatic rings. The van der Waals surface area contributed by atoms with Crippen LogP contribution < -0.4 is 9.88 Å². The number of aryl methyl sites for hydroxylation is 1. The minimum absolute atomic E-state index is 0. The highest BCUT2D eigenvalue weighted by Gasteiger charge is 2.08. The molecule has 0 spiro atoms. The molecule has 1 rings (SSSR count). The van der Waals surface area contributed by atoms with Crippen LogP contribution in [0.15, 0.2) is 24.5 Å². The summed E-state index contributed by atoms with van der Waals surface area (Å²) in [5.74, 6) is 0. The monoisotopic (exact) mass is 197 g/mol. The van der Waals surface area contributed by atoms with E-state index in [-0.39, 0.29) is 20.4 Å². The van der Waals surface area contributed by atoms with Gasteiger partial charge in [-0.05, 0) is 20.8 Å². The molecule has 82 valence electrons. The van der Waals surface area contributed by atoms with Crippen LogP contribution in [0.4, 0.5) is 5.69 Å². The molecule has 2 heteroatoms. The fraction of sp³-hybridized carbons (Fsp3) is 0.583. The summed E-state index contributed by atoms with van der Waals surface area (Å²) >= 11 is 0. The number of aromatic nitrogens is 1. The van der Waals surface area contributed by atoms with Crippen LogP contribution in [0.5, 0.6) is 0 Å². The molecule has 1 N–H and O–H groups in total. The average Bonchev–Trinajstić information content (AvgIpc) is 1.91. The Bertz CT molecular complexity index is 244. The SMILES string of the molecule is C.C.C[n+]1ccc(NC(C)(C)C)cc1. The normalized spacial score (nSPS) is 9.71. The van der Waals surface area contributed by atoms with Gasteiger partial charge in [-0.2, -0.15) is 0 Å². The Morgan fingerprint density at radius 1 is 1.07 bits per heavy atom. The van der Waals surface area contributed by atoms with Crippen molar-refractivity contribution in [1.82, 2.24) is 0 Å². The van der Waals surface area contributed by atoms with Crippen molar-refractivity contribution in [2.75, 3.05) is 5.32 Å². The molecule has 14 heavy (non-hydrogen) atoms. The van der Waals surface area contributed by atoms with E-state index >= 15 is 0 Å². The average molecular weight is 197 g/mol. The van der Waals surface area contributed by atoms with Crippen LogP contribution in [-0.4, -0.2) is 5.54 Å². The molecule has 0 radical (unpaired) electrons. The lowest BCUT2D eigenvalue weighted by Crippen LogP contribution is -2.29. The molecule has 0 amide bonds. The Hall–Kier alpha value is -1.05. The number of rotatable bonds is 1. The quantitative estimate of drug-likeness (QED) is 0.684. The molecule has 0 aliphatic carbocycles. The van der Waals surface area contributed by atoms with Gasteiger partial charge in [-0.1, -0.05) is 14.9 Å². The third-order valence-electron chi connectivity index (χ3n) is 1.50. The molecule has 1 aromatic rings. The lowest BCUT2D eigenvalue weighted by Gasteiger charge is -2.21. The summed E-state index contributed by atoms with van der Waals surface area (Å²) in [5, 5.41) is 3.40. The van der Waals surface area contributed by atoms with E-state index < -0.39 is 0 Å². The molecule has 0 atom stereocenters. The molecule has 2 nitrogen and oxygen atoms in total. The van der Waals surface area contributed by atoms with Gasteiger partial charge in [-0.15, -0.1) is 0 Å². The van der Waals surface area contributed by atoms with E-state index in [0.29, 0.717) is 0 Å². The van der Waals surface area contributed by atoms with Crippen LogP contribution in [0.3, 0.4) is 0 Å². The standard InChI is InChI=1S/C10H16N2.2CH4/c1-10(2,3)11-9-5-7-12(4)8-6-9;;/h5-8H,1-4H3;2*1H4/p+1. The number of pyridine rings is 1. The van der Waals surface area contributed by atoms with Crippen LogP contribution in [-0.2, 0) is 7.05 Å². The van der Waals surface area contributed by atoms with Crippen molar-refractivity contribution in [2.24, 2.45) is 7.05 Å². The van der Waals surface area contributed by atoms with Crippen LogP contribution in [0, 0.1) is 0 Å². The molecule has 0 aliphatic heterocycles. The van der Waals surface area contributed by atoms with Crippen molar-refractivity contribution in [1.29, 1.82) is 0 Å². The highest BCUT2D eigenvalue weighted by atomic mass is 15.0. The fourth-order valence-corrected chi connectivity index (χ4v) is 1.02. The zero-order valence-corrected chi connectivity index (χ0v) is 8.26. The lowest BCUT2D eigenvalue weighted by atomic mass is 10.1. The van der Waals surface area contributed by atoms with Gasteiger partial charge in [0.25, 0.3) is 0 Å². The van der Waals surface area contributed by atoms with Crippen LogP contribution in [0.25, 0.3) is 0 Å². The largest absolute Gasteiger partial charge is 0.380 e. The van der Waals surface area contributed by atoms with Gasteiger partial charge < -0.3 is 5.32 Å². The summed E-state index contributed by atoms with van der Waals surface area (Å²) in [5.41, 5.74) is 1.31. The molecule has 0 saturated carbocycles. The molecular weight excluding hydrogens is 172 g/mol. The van der Waals surface area contributed by atoms with Gasteiger partial charge in [0.2, 0.25) is 0 Å². The second kappa shape index (κ2) is 5.63. The van der Waals surface area contributed by atoms with Crippen molar-refractivity contribution in [3.63, 3.8) is 0 Å².